The maximum absolute atomic E-state index is 4.55. The van der Waals surface area contributed by atoms with E-state index in [0.29, 0.717) is 6.04 Å². The van der Waals surface area contributed by atoms with Crippen molar-refractivity contribution in [3.63, 3.8) is 0 Å². The van der Waals surface area contributed by atoms with Gasteiger partial charge in [-0.1, -0.05) is 12.1 Å². The van der Waals surface area contributed by atoms with E-state index in [9.17, 15) is 0 Å². The predicted molar refractivity (Wildman–Crippen MR) is 65.6 cm³/mol. The first-order chi connectivity index (χ1) is 7.84. The van der Waals surface area contributed by atoms with Crippen molar-refractivity contribution in [1.29, 1.82) is 0 Å². The van der Waals surface area contributed by atoms with Gasteiger partial charge in [-0.25, -0.2) is 0 Å². The van der Waals surface area contributed by atoms with Gasteiger partial charge in [-0.2, -0.15) is 5.10 Å². The lowest BCUT2D eigenvalue weighted by Crippen LogP contribution is -2.29. The Balaban J connectivity index is 2.05. The van der Waals surface area contributed by atoms with Crippen molar-refractivity contribution >= 4 is 10.9 Å². The second kappa shape index (κ2) is 3.91. The van der Waals surface area contributed by atoms with Crippen molar-refractivity contribution in [2.45, 2.75) is 25.8 Å². The molecule has 0 unspecified atom stereocenters. The van der Waals surface area contributed by atoms with Crippen LogP contribution in [0.1, 0.15) is 24.4 Å². The number of benzene rings is 1. The molecule has 0 saturated carbocycles. The van der Waals surface area contributed by atoms with E-state index in [0.717, 1.165) is 13.1 Å². The number of nitrogens with one attached hydrogen (secondary N) is 1. The predicted octanol–water partition coefficient (Wildman–Crippen LogP) is 2.27. The molecule has 0 radical (unpaired) electrons. The molecule has 0 amide bonds. The molecule has 0 atom stereocenters. The molecule has 0 aliphatic carbocycles. The van der Waals surface area contributed by atoms with E-state index in [2.05, 4.69) is 40.2 Å². The molecule has 2 aromatic rings. The lowest BCUT2D eigenvalue weighted by Gasteiger charge is -2.23. The highest BCUT2D eigenvalue weighted by atomic mass is 15.3. The summed E-state index contributed by atoms with van der Waals surface area (Å²) in [5, 5.41) is 9.20. The maximum Gasteiger partial charge on any atom is 0.0688 e. The van der Waals surface area contributed by atoms with Gasteiger partial charge in [0.1, 0.15) is 0 Å². The molecular weight excluding hydrogens is 198 g/mol. The Labute approximate surface area is 95.5 Å². The molecule has 84 valence electrons. The number of piperidine rings is 1. The van der Waals surface area contributed by atoms with E-state index in [-0.39, 0.29) is 0 Å². The minimum absolute atomic E-state index is 0.570. The average molecular weight is 215 g/mol. The quantitative estimate of drug-likeness (QED) is 0.791. The number of fused-ring (bicyclic) bond motifs is 1. The van der Waals surface area contributed by atoms with Gasteiger partial charge in [0.15, 0.2) is 0 Å². The van der Waals surface area contributed by atoms with E-state index in [1.54, 1.807) is 0 Å². The van der Waals surface area contributed by atoms with Crippen LogP contribution in [0.2, 0.25) is 0 Å². The lowest BCUT2D eigenvalue weighted by molar-refractivity contribution is 0.351. The number of aryl methyl sites for hydroxylation is 1. The lowest BCUT2D eigenvalue weighted by atomic mass is 10.1. The first-order valence-electron chi connectivity index (χ1n) is 5.99. The normalized spacial score (nSPS) is 18.1. The summed E-state index contributed by atoms with van der Waals surface area (Å²) in [5.41, 5.74) is 2.59. The Kier molecular flexibility index (Phi) is 2.40. The summed E-state index contributed by atoms with van der Waals surface area (Å²) >= 11 is 0. The molecular formula is C13H17N3. The SMILES string of the molecule is Cc1ccc2cnn(C3CCNCC3)c2c1. The molecule has 2 heterocycles. The molecule has 16 heavy (non-hydrogen) atoms. The Morgan fingerprint density at radius 2 is 2.12 bits per heavy atom. The smallest absolute Gasteiger partial charge is 0.0688 e. The van der Waals surface area contributed by atoms with Crippen LogP contribution in [-0.4, -0.2) is 22.9 Å². The van der Waals surface area contributed by atoms with Crippen molar-refractivity contribution < 1.29 is 0 Å². The summed E-state index contributed by atoms with van der Waals surface area (Å²) in [4.78, 5) is 0. The topological polar surface area (TPSA) is 29.9 Å². The highest BCUT2D eigenvalue weighted by molar-refractivity contribution is 5.79. The minimum atomic E-state index is 0.570. The van der Waals surface area contributed by atoms with Crippen molar-refractivity contribution in [2.24, 2.45) is 0 Å². The molecule has 3 rings (SSSR count). The number of hydrogen-bond donors (Lipinski definition) is 1. The van der Waals surface area contributed by atoms with Gasteiger partial charge >= 0.3 is 0 Å². The molecule has 1 aliphatic rings. The van der Waals surface area contributed by atoms with E-state index < -0.39 is 0 Å². The van der Waals surface area contributed by atoms with Crippen LogP contribution in [0, 0.1) is 6.92 Å². The van der Waals surface area contributed by atoms with E-state index in [4.69, 9.17) is 0 Å². The molecule has 1 aliphatic heterocycles. The third-order valence-corrected chi connectivity index (χ3v) is 3.41. The van der Waals surface area contributed by atoms with E-state index in [1.807, 2.05) is 6.20 Å². The zero-order chi connectivity index (χ0) is 11.0. The fourth-order valence-corrected chi connectivity index (χ4v) is 2.49. The molecule has 1 fully saturated rings. The molecule has 1 saturated heterocycles. The Morgan fingerprint density at radius 3 is 2.94 bits per heavy atom. The summed E-state index contributed by atoms with van der Waals surface area (Å²) in [6.07, 6.45) is 4.35. The van der Waals surface area contributed by atoms with Crippen molar-refractivity contribution in [3.8, 4) is 0 Å². The van der Waals surface area contributed by atoms with E-state index in [1.165, 1.54) is 29.3 Å². The van der Waals surface area contributed by atoms with Gasteiger partial charge < -0.3 is 5.32 Å². The van der Waals surface area contributed by atoms with Crippen molar-refractivity contribution in [1.82, 2.24) is 15.1 Å². The third-order valence-electron chi connectivity index (χ3n) is 3.41. The van der Waals surface area contributed by atoms with Gasteiger partial charge in [0.2, 0.25) is 0 Å². The second-order valence-corrected chi connectivity index (χ2v) is 4.63. The summed E-state index contributed by atoms with van der Waals surface area (Å²) < 4.78 is 2.21. The van der Waals surface area contributed by atoms with Gasteiger partial charge in [-0.05, 0) is 44.5 Å². The highest BCUT2D eigenvalue weighted by Gasteiger charge is 2.17. The number of hydrogen-bond acceptors (Lipinski definition) is 2. The fourth-order valence-electron chi connectivity index (χ4n) is 2.49. The minimum Gasteiger partial charge on any atom is -0.317 e. The fraction of sp³-hybridized carbons (Fsp3) is 0.462. The summed E-state index contributed by atoms with van der Waals surface area (Å²) in [5.74, 6) is 0. The van der Waals surface area contributed by atoms with Gasteiger partial charge in [0.05, 0.1) is 17.8 Å². The molecule has 3 heteroatoms. The van der Waals surface area contributed by atoms with Crippen LogP contribution >= 0.6 is 0 Å². The standard InChI is InChI=1S/C13H17N3/c1-10-2-3-11-9-15-16(13(11)8-10)12-4-6-14-7-5-12/h2-3,8-9,12,14H,4-7H2,1H3. The van der Waals surface area contributed by atoms with Crippen LogP contribution in [0.25, 0.3) is 10.9 Å². The first kappa shape index (κ1) is 9.85. The van der Waals surface area contributed by atoms with Gasteiger partial charge in [-0.15, -0.1) is 0 Å². The van der Waals surface area contributed by atoms with Gasteiger partial charge in [0.25, 0.3) is 0 Å². The second-order valence-electron chi connectivity index (χ2n) is 4.63. The summed E-state index contributed by atoms with van der Waals surface area (Å²) in [6, 6.07) is 7.12. The zero-order valence-electron chi connectivity index (χ0n) is 9.61. The highest BCUT2D eigenvalue weighted by Crippen LogP contribution is 2.24. The van der Waals surface area contributed by atoms with Crippen LogP contribution in [0.4, 0.5) is 0 Å². The summed E-state index contributed by atoms with van der Waals surface area (Å²) in [6.45, 7) is 4.36. The molecule has 1 N–H and O–H groups in total. The largest absolute Gasteiger partial charge is 0.317 e. The van der Waals surface area contributed by atoms with Crippen LogP contribution in [-0.2, 0) is 0 Å². The zero-order valence-corrected chi connectivity index (χ0v) is 9.61. The Hall–Kier alpha value is -1.35. The average Bonchev–Trinajstić information content (AvgIpc) is 2.73. The van der Waals surface area contributed by atoms with E-state index >= 15 is 0 Å². The van der Waals surface area contributed by atoms with Gasteiger partial charge in [-0.3, -0.25) is 4.68 Å². The van der Waals surface area contributed by atoms with Gasteiger partial charge in [0, 0.05) is 5.39 Å². The summed E-state index contributed by atoms with van der Waals surface area (Å²) in [7, 11) is 0. The van der Waals surface area contributed by atoms with Crippen LogP contribution < -0.4 is 5.32 Å². The van der Waals surface area contributed by atoms with Crippen LogP contribution in [0.15, 0.2) is 24.4 Å². The van der Waals surface area contributed by atoms with Crippen molar-refractivity contribution in [2.75, 3.05) is 13.1 Å². The molecule has 0 bridgehead atoms. The van der Waals surface area contributed by atoms with Crippen LogP contribution in [0.5, 0.6) is 0 Å². The molecule has 0 spiro atoms. The molecule has 3 nitrogen and oxygen atoms in total. The third kappa shape index (κ3) is 1.61. The number of nitrogens with zero attached hydrogens (tertiary/aromatic N) is 2. The number of rotatable bonds is 1. The first-order valence-corrected chi connectivity index (χ1v) is 5.99. The van der Waals surface area contributed by atoms with Crippen molar-refractivity contribution in [3.05, 3.63) is 30.0 Å². The van der Waals surface area contributed by atoms with Crippen LogP contribution in [0.3, 0.4) is 0 Å². The Bertz CT molecular complexity index is 495. The monoisotopic (exact) mass is 215 g/mol. The Morgan fingerprint density at radius 1 is 1.31 bits per heavy atom. The molecule has 1 aromatic heterocycles. The molecule has 1 aromatic carbocycles. The number of aromatic nitrogens is 2. The maximum atomic E-state index is 4.55.